The van der Waals surface area contributed by atoms with Crippen molar-refractivity contribution in [3.8, 4) is 0 Å². The minimum Gasteiger partial charge on any atom is -0.394 e. The third-order valence-corrected chi connectivity index (χ3v) is 22.0. The lowest BCUT2D eigenvalue weighted by atomic mass is 9.93. The fourth-order valence-electron chi connectivity index (χ4n) is 15.4. The van der Waals surface area contributed by atoms with Crippen molar-refractivity contribution < 1.29 is 242 Å². The van der Waals surface area contributed by atoms with Gasteiger partial charge >= 0.3 is 0 Å². The highest BCUT2D eigenvalue weighted by atomic mass is 16.8. The molecule has 118 heavy (non-hydrogen) atoms. The Kier molecular flexibility index (Phi) is 34.3. The highest BCUT2D eigenvalue weighted by Gasteiger charge is 2.62. The van der Waals surface area contributed by atoms with E-state index in [-0.39, 0.29) is 0 Å². The molecule has 0 saturated carbocycles. The molecular weight excluding hydrogens is 1620 g/mol. The van der Waals surface area contributed by atoms with Gasteiger partial charge < -0.3 is 244 Å². The van der Waals surface area contributed by atoms with Gasteiger partial charge in [-0.15, -0.1) is 0 Å². The molecule has 0 bridgehead atoms. The van der Waals surface area contributed by atoms with Gasteiger partial charge in [-0.25, -0.2) is 0 Å². The third kappa shape index (κ3) is 20.8. The van der Waals surface area contributed by atoms with Crippen LogP contribution in [0, 0.1) is 0 Å². The zero-order valence-corrected chi connectivity index (χ0v) is 63.6. The summed E-state index contributed by atoms with van der Waals surface area (Å²) in [7, 11) is 0. The topological polar surface area (TPSA) is 809 Å². The molecule has 10 fully saturated rings. The number of hydrogen-bond donors (Lipinski definition) is 30. The van der Waals surface area contributed by atoms with E-state index in [0.717, 1.165) is 20.8 Å². The Bertz CT molecular complexity index is 3140. The molecule has 0 unspecified atom stereocenters. The van der Waals surface area contributed by atoms with Gasteiger partial charge in [0.15, 0.2) is 62.9 Å². The number of aliphatic hydroxyl groups is 27. The van der Waals surface area contributed by atoms with Gasteiger partial charge in [-0.2, -0.15) is 0 Å². The first-order valence-corrected chi connectivity index (χ1v) is 37.9. The molecule has 50 atom stereocenters. The summed E-state index contributed by atoms with van der Waals surface area (Å²) in [5.74, 6) is -2.91. The summed E-state index contributed by atoms with van der Waals surface area (Å²) in [5, 5.41) is 306. The Hall–Kier alpha value is -3.43. The zero-order chi connectivity index (χ0) is 86.8. The minimum absolute atomic E-state index is 0.924. The second-order valence-corrected chi connectivity index (χ2v) is 30.2. The lowest BCUT2D eigenvalue weighted by Crippen LogP contribution is -2.71. The van der Waals surface area contributed by atoms with E-state index >= 15 is 0 Å². The zero-order valence-electron chi connectivity index (χ0n) is 63.6. The number of amides is 3. The van der Waals surface area contributed by atoms with E-state index in [4.69, 9.17) is 90.0 Å². The molecule has 0 aliphatic carbocycles. The number of rotatable bonds is 29. The summed E-state index contributed by atoms with van der Waals surface area (Å²) in [6.45, 7) is -3.60. The number of hydrogen-bond acceptors (Lipinski definition) is 49. The predicted molar refractivity (Wildman–Crippen MR) is 362 cm³/mol. The van der Waals surface area contributed by atoms with Crippen molar-refractivity contribution in [1.82, 2.24) is 16.0 Å². The van der Waals surface area contributed by atoms with Gasteiger partial charge in [0.05, 0.1) is 65.1 Å². The lowest BCUT2D eigenvalue weighted by Gasteiger charge is -2.52. The summed E-state index contributed by atoms with van der Waals surface area (Å²) in [5.41, 5.74) is 0. The van der Waals surface area contributed by atoms with Crippen LogP contribution in [0.2, 0.25) is 0 Å². The molecule has 0 spiro atoms. The second kappa shape index (κ2) is 41.8. The molecule has 0 aromatic heterocycles. The first kappa shape index (κ1) is 96.8. The Balaban J connectivity index is 0.928. The maximum absolute atomic E-state index is 13.5. The van der Waals surface area contributed by atoms with Crippen molar-refractivity contribution in [3.63, 3.8) is 0 Å². The van der Waals surface area contributed by atoms with Gasteiger partial charge in [0.1, 0.15) is 232 Å². The van der Waals surface area contributed by atoms with Crippen LogP contribution in [-0.2, 0) is 104 Å². The van der Waals surface area contributed by atoms with Crippen LogP contribution in [0.5, 0.6) is 0 Å². The molecule has 0 radical (unpaired) electrons. The standard InChI is InChI=1S/C66H111N3O49/c1-14-30(80)38(88)44(94)61(101-14)113-51-25(12-76)109-60(29(69-18(5)79)53(51)115-66-56(41(91)33(83)20(7-71)107-66)118-62-45(95)39(89)31(81)15(2)102-62)116-54-35(85)22(9-73)106-64(47(54)97)111-49-24(11-75)108-58(27(37(49)87)67-16(3)77)100-13-26-36(86)55(48(98)65(110-26)112-50-23(10-74)103-57(99)43(93)42(50)92)117-59-28(68-17(4)78)52(34(84)21(8-72)104-59)114-63-46(96)40(90)32(82)19(6-70)105-63/h14-15,19-66,70-76,80-99H,6-13H2,1-5H3,(H,67,77)(H,68,78)(H,69,79)/t14-,15-,19+,20+,21+,22+,23+,24+,25+,26+,27+,28+,29+,30+,31+,32-,33-,34+,35-,36-,37+,38+,39+,40-,41-,42+,43+,44-,45-,46+,47+,48+,49+,50+,51+,52+,53+,54-,55-,56+,57-,58+,59-,60-,61-,62-,63-,64-,65-,66-/m0/s1. The van der Waals surface area contributed by atoms with Crippen molar-refractivity contribution in [2.24, 2.45) is 0 Å². The highest BCUT2D eigenvalue weighted by molar-refractivity contribution is 5.74. The molecule has 10 rings (SSSR count). The fraction of sp³-hybridized carbons (Fsp3) is 0.955. The average Bonchev–Trinajstić information content (AvgIpc) is 0.759. The molecule has 10 aliphatic rings. The Morgan fingerprint density at radius 3 is 1.01 bits per heavy atom. The first-order valence-electron chi connectivity index (χ1n) is 37.9. The molecule has 10 heterocycles. The quantitative estimate of drug-likeness (QED) is 0.0331. The van der Waals surface area contributed by atoms with Crippen LogP contribution in [0.25, 0.3) is 0 Å². The van der Waals surface area contributed by atoms with Crippen LogP contribution >= 0.6 is 0 Å². The molecule has 52 heteroatoms. The molecular formula is C66H111N3O49. The summed E-state index contributed by atoms with van der Waals surface area (Å²) < 4.78 is 113. The van der Waals surface area contributed by atoms with Gasteiger partial charge in [0, 0.05) is 20.8 Å². The number of ether oxygens (including phenoxy) is 19. The molecule has 10 saturated heterocycles. The van der Waals surface area contributed by atoms with E-state index in [9.17, 15) is 152 Å². The SMILES string of the molecule is CC(=O)N[C@H]1[C@H](OC[C@H]2O[C@@H](O[C@H]3[C@H](O)[C@@H](O)[C@@H](O)O[C@@H]3CO)[C@H](O)[C@@H](O[C@@H]3O[C@H](CO)[C@@H](O)[C@H](O[C@@H]4O[C@H](CO)[C@H](O)[C@H](O)[C@H]4O)[C@H]3NC(C)=O)[C@H]2O)O[C@H](CO)[C@@H](O[C@@H]2O[C@H](CO)[C@H](O)[C@H](O[C@@H]3O[C@H](CO)[C@@H](O[C@@H]4O[C@@H](C)[C@@H](O)[C@@H](O)[C@@H]4O)[C@H](O[C@@H]4O[C@H](CO)[C@H](O)[C@H](O)[C@H]4O[C@@H]4O[C@@H](C)[C@@H](O)[C@@H](O)[C@@H]4O)[C@H]3NC(C)=O)[C@H]2O)[C@@H]1O. The van der Waals surface area contributed by atoms with Crippen LogP contribution < -0.4 is 16.0 Å². The van der Waals surface area contributed by atoms with Gasteiger partial charge in [0.25, 0.3) is 0 Å². The fourth-order valence-corrected chi connectivity index (χ4v) is 15.4. The van der Waals surface area contributed by atoms with Crippen LogP contribution in [0.1, 0.15) is 34.6 Å². The Morgan fingerprint density at radius 1 is 0.237 bits per heavy atom. The molecule has 684 valence electrons. The van der Waals surface area contributed by atoms with Crippen LogP contribution in [0.3, 0.4) is 0 Å². The summed E-state index contributed by atoms with van der Waals surface area (Å²) >= 11 is 0. The molecule has 10 aliphatic heterocycles. The van der Waals surface area contributed by atoms with E-state index in [1.807, 2.05) is 0 Å². The van der Waals surface area contributed by atoms with Gasteiger partial charge in [-0.1, -0.05) is 0 Å². The smallest absolute Gasteiger partial charge is 0.217 e. The number of nitrogens with one attached hydrogen (secondary N) is 3. The van der Waals surface area contributed by atoms with Gasteiger partial charge in [-0.3, -0.25) is 14.4 Å². The van der Waals surface area contributed by atoms with E-state index in [2.05, 4.69) is 16.0 Å². The van der Waals surface area contributed by atoms with Crippen molar-refractivity contribution >= 4 is 17.7 Å². The number of carbonyl (C=O) groups excluding carboxylic acids is 3. The van der Waals surface area contributed by atoms with Crippen LogP contribution in [0.4, 0.5) is 0 Å². The van der Waals surface area contributed by atoms with Crippen molar-refractivity contribution in [3.05, 3.63) is 0 Å². The van der Waals surface area contributed by atoms with Crippen molar-refractivity contribution in [2.75, 3.05) is 52.9 Å². The Labute approximate surface area is 668 Å². The second-order valence-electron chi connectivity index (χ2n) is 30.2. The molecule has 0 aromatic carbocycles. The van der Waals surface area contributed by atoms with E-state index in [1.54, 1.807) is 0 Å². The molecule has 3 amide bonds. The van der Waals surface area contributed by atoms with Crippen LogP contribution in [-0.4, -0.2) is 515 Å². The van der Waals surface area contributed by atoms with Gasteiger partial charge in [0.2, 0.25) is 17.7 Å². The largest absolute Gasteiger partial charge is 0.394 e. The average molecular weight is 1730 g/mol. The highest BCUT2D eigenvalue weighted by Crippen LogP contribution is 2.41. The summed E-state index contributed by atoms with van der Waals surface area (Å²) in [6, 6.07) is -5.88. The van der Waals surface area contributed by atoms with E-state index in [1.165, 1.54) is 13.8 Å². The maximum atomic E-state index is 13.5. The third-order valence-electron chi connectivity index (χ3n) is 22.0. The number of aliphatic hydroxyl groups excluding tert-OH is 27. The normalized spacial score (nSPS) is 51.1. The minimum atomic E-state index is -2.46. The predicted octanol–water partition coefficient (Wildman–Crippen LogP) is -20.3. The summed E-state index contributed by atoms with van der Waals surface area (Å²) in [6.07, 6.45) is -96.0. The van der Waals surface area contributed by atoms with Crippen molar-refractivity contribution in [2.45, 2.75) is 341 Å². The maximum Gasteiger partial charge on any atom is 0.217 e. The lowest BCUT2D eigenvalue weighted by molar-refractivity contribution is -0.400. The first-order chi connectivity index (χ1) is 55.8. The van der Waals surface area contributed by atoms with E-state index < -0.39 is 377 Å². The molecule has 0 aromatic rings. The molecule has 30 N–H and O–H groups in total. The van der Waals surface area contributed by atoms with E-state index in [0.29, 0.717) is 0 Å². The number of carbonyl (C=O) groups is 3. The van der Waals surface area contributed by atoms with Crippen molar-refractivity contribution in [1.29, 1.82) is 0 Å². The van der Waals surface area contributed by atoms with Gasteiger partial charge in [-0.05, 0) is 13.8 Å². The van der Waals surface area contributed by atoms with Crippen LogP contribution in [0.15, 0.2) is 0 Å². The Morgan fingerprint density at radius 2 is 0.534 bits per heavy atom. The molecule has 52 nitrogen and oxygen atoms in total. The monoisotopic (exact) mass is 1730 g/mol. The summed E-state index contributed by atoms with van der Waals surface area (Å²) in [4.78, 5) is 39.7.